The van der Waals surface area contributed by atoms with Crippen LogP contribution in [0.3, 0.4) is 0 Å². The minimum Gasteiger partial charge on any atom is -0.339 e. The molecule has 4 atom stereocenters. The number of carbonyl (C=O) groups is 1. The Bertz CT molecular complexity index is 597. The van der Waals surface area contributed by atoms with Crippen LogP contribution >= 0.6 is 11.8 Å². The Hall–Kier alpha value is -1.30. The Morgan fingerprint density at radius 2 is 2.17 bits per heavy atom. The molecule has 0 saturated heterocycles. The van der Waals surface area contributed by atoms with E-state index in [1.165, 1.54) is 24.6 Å². The summed E-state index contributed by atoms with van der Waals surface area (Å²) in [7, 11) is 1.90. The summed E-state index contributed by atoms with van der Waals surface area (Å²) < 4.78 is 1.86. The van der Waals surface area contributed by atoms with E-state index in [1.54, 1.807) is 6.33 Å². The normalized spacial score (nSPS) is 26.9. The van der Waals surface area contributed by atoms with Gasteiger partial charge in [0.1, 0.15) is 6.33 Å². The number of hydrogen-bond acceptors (Lipinski definition) is 4. The molecule has 2 aliphatic rings. The SMILES string of the molecule is CC(C)N(C[C@H]1C[C@H]2C=C[C@H]1C2)C(=O)[C@@H](C)Sc1nncn1C. The molecule has 0 aromatic carbocycles. The van der Waals surface area contributed by atoms with Gasteiger partial charge in [0.25, 0.3) is 0 Å². The summed E-state index contributed by atoms with van der Waals surface area (Å²) in [6.45, 7) is 7.07. The van der Waals surface area contributed by atoms with Crippen molar-refractivity contribution < 1.29 is 4.79 Å². The Kier molecular flexibility index (Phi) is 4.80. The van der Waals surface area contributed by atoms with Crippen molar-refractivity contribution in [3.05, 3.63) is 18.5 Å². The first-order valence-corrected chi connectivity index (χ1v) is 9.33. The molecule has 1 saturated carbocycles. The zero-order valence-electron chi connectivity index (χ0n) is 14.3. The molecule has 0 spiro atoms. The molecular weight excluding hydrogens is 308 g/mol. The maximum absolute atomic E-state index is 12.9. The summed E-state index contributed by atoms with van der Waals surface area (Å²) >= 11 is 1.49. The average Bonchev–Trinajstić information content (AvgIpc) is 3.21. The van der Waals surface area contributed by atoms with Gasteiger partial charge < -0.3 is 9.47 Å². The lowest BCUT2D eigenvalue weighted by molar-refractivity contribution is -0.132. The minimum atomic E-state index is -0.144. The van der Waals surface area contributed by atoms with Crippen molar-refractivity contribution in [1.82, 2.24) is 19.7 Å². The summed E-state index contributed by atoms with van der Waals surface area (Å²) in [5.41, 5.74) is 0. The smallest absolute Gasteiger partial charge is 0.236 e. The maximum atomic E-state index is 12.9. The molecule has 2 bridgehead atoms. The second-order valence-corrected chi connectivity index (χ2v) is 8.42. The van der Waals surface area contributed by atoms with Gasteiger partial charge in [-0.05, 0) is 51.4 Å². The molecule has 1 heterocycles. The quantitative estimate of drug-likeness (QED) is 0.593. The van der Waals surface area contributed by atoms with Crippen molar-refractivity contribution in [2.24, 2.45) is 24.8 Å². The van der Waals surface area contributed by atoms with Crippen molar-refractivity contribution in [3.63, 3.8) is 0 Å². The predicted molar refractivity (Wildman–Crippen MR) is 92.0 cm³/mol. The fraction of sp³-hybridized carbons (Fsp3) is 0.706. The van der Waals surface area contributed by atoms with Crippen LogP contribution in [0.2, 0.25) is 0 Å². The number of hydrogen-bond donors (Lipinski definition) is 0. The molecule has 23 heavy (non-hydrogen) atoms. The lowest BCUT2D eigenvalue weighted by Crippen LogP contribution is -2.44. The van der Waals surface area contributed by atoms with Gasteiger partial charge in [0.2, 0.25) is 5.91 Å². The standard InChI is InChI=1S/C17H26N4OS/c1-11(2)21(9-15-8-13-5-6-14(15)7-13)16(22)12(3)23-17-19-18-10-20(17)4/h5-6,10-15H,7-9H2,1-4H3/t12-,13+,14+,15-/m1/s1. The molecule has 0 radical (unpaired) electrons. The summed E-state index contributed by atoms with van der Waals surface area (Å²) in [6.07, 6.45) is 8.91. The lowest BCUT2D eigenvalue weighted by Gasteiger charge is -2.33. The topological polar surface area (TPSA) is 51.0 Å². The third kappa shape index (κ3) is 3.47. The number of allylic oxidation sites excluding steroid dienone is 2. The maximum Gasteiger partial charge on any atom is 0.236 e. The summed E-state index contributed by atoms with van der Waals surface area (Å²) in [5, 5.41) is 8.60. The highest BCUT2D eigenvalue weighted by Crippen LogP contribution is 2.44. The van der Waals surface area contributed by atoms with E-state index < -0.39 is 0 Å². The van der Waals surface area contributed by atoms with Crippen LogP contribution < -0.4 is 0 Å². The third-order valence-electron chi connectivity index (χ3n) is 5.05. The van der Waals surface area contributed by atoms with Crippen molar-refractivity contribution in [1.29, 1.82) is 0 Å². The Morgan fingerprint density at radius 3 is 2.70 bits per heavy atom. The summed E-state index contributed by atoms with van der Waals surface area (Å²) in [4.78, 5) is 15.0. The van der Waals surface area contributed by atoms with Gasteiger partial charge in [-0.2, -0.15) is 0 Å². The molecular formula is C17H26N4OS. The largest absolute Gasteiger partial charge is 0.339 e. The van der Waals surface area contributed by atoms with E-state index in [9.17, 15) is 4.79 Å². The molecule has 126 valence electrons. The average molecular weight is 334 g/mol. The minimum absolute atomic E-state index is 0.144. The molecule has 3 rings (SSSR count). The zero-order valence-corrected chi connectivity index (χ0v) is 15.2. The van der Waals surface area contributed by atoms with Crippen LogP contribution in [0.1, 0.15) is 33.6 Å². The van der Waals surface area contributed by atoms with Crippen LogP contribution in [-0.2, 0) is 11.8 Å². The first-order valence-electron chi connectivity index (χ1n) is 8.45. The van der Waals surface area contributed by atoms with Gasteiger partial charge >= 0.3 is 0 Å². The first kappa shape index (κ1) is 16.6. The molecule has 0 N–H and O–H groups in total. The fourth-order valence-electron chi connectivity index (χ4n) is 3.73. The van der Waals surface area contributed by atoms with E-state index in [1.807, 2.05) is 18.5 Å². The number of thioether (sulfide) groups is 1. The molecule has 5 nitrogen and oxygen atoms in total. The van der Waals surface area contributed by atoms with Crippen molar-refractivity contribution in [2.75, 3.05) is 6.54 Å². The molecule has 0 aliphatic heterocycles. The number of amides is 1. The fourth-order valence-corrected chi connectivity index (χ4v) is 4.59. The molecule has 1 fully saturated rings. The molecule has 1 aromatic heterocycles. The van der Waals surface area contributed by atoms with Crippen molar-refractivity contribution >= 4 is 17.7 Å². The lowest BCUT2D eigenvalue weighted by atomic mass is 9.92. The van der Waals surface area contributed by atoms with Crippen LogP contribution in [0.5, 0.6) is 0 Å². The first-order chi connectivity index (χ1) is 11.0. The van der Waals surface area contributed by atoms with Crippen molar-refractivity contribution in [2.45, 2.75) is 50.1 Å². The van der Waals surface area contributed by atoms with E-state index in [4.69, 9.17) is 0 Å². The zero-order chi connectivity index (χ0) is 16.6. The molecule has 0 unspecified atom stereocenters. The van der Waals surface area contributed by atoms with Gasteiger partial charge in [-0.25, -0.2) is 0 Å². The molecule has 1 aromatic rings. The van der Waals surface area contributed by atoms with Crippen LogP contribution in [0.25, 0.3) is 0 Å². The van der Waals surface area contributed by atoms with Gasteiger partial charge in [-0.1, -0.05) is 23.9 Å². The van der Waals surface area contributed by atoms with Crippen LogP contribution in [-0.4, -0.2) is 43.4 Å². The second kappa shape index (κ2) is 6.67. The number of rotatable bonds is 6. The number of aromatic nitrogens is 3. The highest BCUT2D eigenvalue weighted by Gasteiger charge is 2.38. The van der Waals surface area contributed by atoms with Crippen LogP contribution in [0, 0.1) is 17.8 Å². The molecule has 2 aliphatic carbocycles. The monoisotopic (exact) mass is 334 g/mol. The Balaban J connectivity index is 1.64. The van der Waals surface area contributed by atoms with Crippen LogP contribution in [0.15, 0.2) is 23.6 Å². The highest BCUT2D eigenvalue weighted by molar-refractivity contribution is 8.00. The Morgan fingerprint density at radius 1 is 1.39 bits per heavy atom. The third-order valence-corrected chi connectivity index (χ3v) is 6.19. The van der Waals surface area contributed by atoms with E-state index in [0.717, 1.165) is 17.6 Å². The summed E-state index contributed by atoms with van der Waals surface area (Å²) in [6, 6.07) is 0.230. The summed E-state index contributed by atoms with van der Waals surface area (Å²) in [5.74, 6) is 2.26. The Labute approximate surface area is 142 Å². The molecule has 6 heteroatoms. The number of carbonyl (C=O) groups excluding carboxylic acids is 1. The van der Waals surface area contributed by atoms with Gasteiger partial charge in [0.05, 0.1) is 5.25 Å². The predicted octanol–water partition coefficient (Wildman–Crippen LogP) is 2.74. The van der Waals surface area contributed by atoms with Crippen molar-refractivity contribution in [3.8, 4) is 0 Å². The van der Waals surface area contributed by atoms with Gasteiger partial charge in [0, 0.05) is 19.6 Å². The number of nitrogens with zero attached hydrogens (tertiary/aromatic N) is 4. The van der Waals surface area contributed by atoms with Gasteiger partial charge in [-0.3, -0.25) is 4.79 Å². The molecule has 1 amide bonds. The second-order valence-electron chi connectivity index (χ2n) is 7.11. The van der Waals surface area contributed by atoms with E-state index in [0.29, 0.717) is 11.8 Å². The van der Waals surface area contributed by atoms with Crippen LogP contribution in [0.4, 0.5) is 0 Å². The number of fused-ring (bicyclic) bond motifs is 2. The van der Waals surface area contributed by atoms with Gasteiger partial charge in [-0.15, -0.1) is 10.2 Å². The van der Waals surface area contributed by atoms with E-state index in [2.05, 4.69) is 41.1 Å². The number of aryl methyl sites for hydroxylation is 1. The van der Waals surface area contributed by atoms with E-state index >= 15 is 0 Å². The van der Waals surface area contributed by atoms with Gasteiger partial charge in [0.15, 0.2) is 5.16 Å². The highest BCUT2D eigenvalue weighted by atomic mass is 32.2. The van der Waals surface area contributed by atoms with E-state index in [-0.39, 0.29) is 17.2 Å².